The number of thiazole rings is 1. The zero-order valence-electron chi connectivity index (χ0n) is 13.9. The number of rotatable bonds is 4. The van der Waals surface area contributed by atoms with Crippen molar-refractivity contribution in [3.05, 3.63) is 46.6 Å². The monoisotopic (exact) mass is 340 g/mol. The summed E-state index contributed by atoms with van der Waals surface area (Å²) in [5.74, 6) is 0.845. The summed E-state index contributed by atoms with van der Waals surface area (Å²) < 4.78 is 1.96. The molecular weight excluding hydrogens is 320 g/mol. The van der Waals surface area contributed by atoms with Crippen molar-refractivity contribution in [2.75, 3.05) is 6.54 Å². The van der Waals surface area contributed by atoms with Crippen LogP contribution in [0.3, 0.4) is 0 Å². The highest BCUT2D eigenvalue weighted by molar-refractivity contribution is 7.09. The Hall–Kier alpha value is -2.12. The van der Waals surface area contributed by atoms with Gasteiger partial charge in [-0.3, -0.25) is 9.88 Å². The number of nitrogens with zero attached hydrogens (tertiary/aromatic N) is 6. The first-order chi connectivity index (χ1) is 11.7. The van der Waals surface area contributed by atoms with Gasteiger partial charge in [0.05, 0.1) is 35.3 Å². The molecule has 1 fully saturated rings. The van der Waals surface area contributed by atoms with Gasteiger partial charge < -0.3 is 4.57 Å². The molecule has 0 aliphatic carbocycles. The maximum Gasteiger partial charge on any atom is 0.159 e. The Morgan fingerprint density at radius 2 is 2.12 bits per heavy atom. The van der Waals surface area contributed by atoms with Crippen LogP contribution in [-0.4, -0.2) is 35.9 Å². The van der Waals surface area contributed by atoms with E-state index in [0.29, 0.717) is 6.04 Å². The first-order valence-corrected chi connectivity index (χ1v) is 9.03. The molecule has 6 nitrogen and oxygen atoms in total. The zero-order valence-corrected chi connectivity index (χ0v) is 14.7. The highest BCUT2D eigenvalue weighted by Gasteiger charge is 2.28. The molecule has 0 radical (unpaired) electrons. The fraction of sp³-hybridized carbons (Fsp3) is 0.412. The van der Waals surface area contributed by atoms with Crippen LogP contribution in [0.25, 0.3) is 11.5 Å². The van der Waals surface area contributed by atoms with E-state index in [0.717, 1.165) is 42.4 Å². The minimum absolute atomic E-state index is 0.342. The second kappa shape index (κ2) is 6.41. The minimum atomic E-state index is 0.342. The molecule has 3 aromatic rings. The van der Waals surface area contributed by atoms with E-state index in [1.807, 2.05) is 35.7 Å². The predicted octanol–water partition coefficient (Wildman–Crippen LogP) is 2.98. The molecule has 4 rings (SSSR count). The van der Waals surface area contributed by atoms with E-state index in [4.69, 9.17) is 4.98 Å². The van der Waals surface area contributed by atoms with E-state index in [9.17, 15) is 0 Å². The predicted molar refractivity (Wildman–Crippen MR) is 93.5 cm³/mol. The second-order valence-electron chi connectivity index (χ2n) is 6.18. The van der Waals surface area contributed by atoms with Gasteiger partial charge in [-0.05, 0) is 26.3 Å². The Morgan fingerprint density at radius 3 is 2.79 bits per heavy atom. The van der Waals surface area contributed by atoms with Crippen LogP contribution in [-0.2, 0) is 13.6 Å². The number of hydrogen-bond donors (Lipinski definition) is 0. The van der Waals surface area contributed by atoms with Gasteiger partial charge in [-0.15, -0.1) is 11.3 Å². The summed E-state index contributed by atoms with van der Waals surface area (Å²) in [7, 11) is 1.97. The van der Waals surface area contributed by atoms with Crippen LogP contribution >= 0.6 is 11.3 Å². The molecule has 0 unspecified atom stereocenters. The van der Waals surface area contributed by atoms with Crippen molar-refractivity contribution in [3.8, 4) is 11.5 Å². The van der Waals surface area contributed by atoms with E-state index in [1.54, 1.807) is 17.5 Å². The maximum absolute atomic E-state index is 4.69. The molecule has 0 aromatic carbocycles. The fourth-order valence-corrected chi connectivity index (χ4v) is 4.05. The van der Waals surface area contributed by atoms with Crippen LogP contribution in [0.2, 0.25) is 0 Å². The standard InChI is InChI=1S/C17H20N6S/c1-12-16(24-11-21-12)10-23-6-3-4-15(23)13-8-20-14(9-19-13)17-18-5-7-22(17)2/h5,7-9,11,15H,3-4,6,10H2,1-2H3/t15-/m0/s1. The lowest BCUT2D eigenvalue weighted by atomic mass is 10.1. The summed E-state index contributed by atoms with van der Waals surface area (Å²) in [5.41, 5.74) is 4.93. The number of imidazole rings is 1. The van der Waals surface area contributed by atoms with Crippen LogP contribution < -0.4 is 0 Å². The van der Waals surface area contributed by atoms with Gasteiger partial charge in [0.15, 0.2) is 5.82 Å². The molecular formula is C17H20N6S. The SMILES string of the molecule is Cc1ncsc1CN1CCC[C@H]1c1cnc(-c2nccn2C)cn1. The lowest BCUT2D eigenvalue weighted by molar-refractivity contribution is 0.245. The van der Waals surface area contributed by atoms with Gasteiger partial charge >= 0.3 is 0 Å². The van der Waals surface area contributed by atoms with Crippen LogP contribution in [0.15, 0.2) is 30.3 Å². The molecule has 24 heavy (non-hydrogen) atoms. The molecule has 0 saturated carbocycles. The Morgan fingerprint density at radius 1 is 1.21 bits per heavy atom. The summed E-state index contributed by atoms with van der Waals surface area (Å²) in [5, 5.41) is 0. The molecule has 1 saturated heterocycles. The van der Waals surface area contributed by atoms with E-state index in [1.165, 1.54) is 11.3 Å². The molecule has 1 aliphatic rings. The quantitative estimate of drug-likeness (QED) is 0.731. The van der Waals surface area contributed by atoms with Crippen molar-refractivity contribution in [3.63, 3.8) is 0 Å². The number of aromatic nitrogens is 5. The van der Waals surface area contributed by atoms with E-state index in [2.05, 4.69) is 26.8 Å². The van der Waals surface area contributed by atoms with Crippen molar-refractivity contribution >= 4 is 11.3 Å². The lowest BCUT2D eigenvalue weighted by Crippen LogP contribution is -2.23. The van der Waals surface area contributed by atoms with Crippen molar-refractivity contribution in [2.45, 2.75) is 32.4 Å². The third kappa shape index (κ3) is 2.85. The lowest BCUT2D eigenvalue weighted by Gasteiger charge is -2.23. The van der Waals surface area contributed by atoms with Crippen molar-refractivity contribution in [2.24, 2.45) is 7.05 Å². The summed E-state index contributed by atoms with van der Waals surface area (Å²) in [6.45, 7) is 4.13. The fourth-order valence-electron chi connectivity index (χ4n) is 3.25. The third-order valence-corrected chi connectivity index (χ3v) is 5.54. The molecule has 0 spiro atoms. The van der Waals surface area contributed by atoms with Gasteiger partial charge in [-0.25, -0.2) is 15.0 Å². The highest BCUT2D eigenvalue weighted by Crippen LogP contribution is 2.33. The highest BCUT2D eigenvalue weighted by atomic mass is 32.1. The molecule has 1 atom stereocenters. The van der Waals surface area contributed by atoms with Gasteiger partial charge in [0.2, 0.25) is 0 Å². The van der Waals surface area contributed by atoms with Crippen molar-refractivity contribution in [1.82, 2.24) is 29.4 Å². The maximum atomic E-state index is 4.69. The van der Waals surface area contributed by atoms with Crippen LogP contribution in [0.5, 0.6) is 0 Å². The third-order valence-electron chi connectivity index (χ3n) is 4.62. The average molecular weight is 340 g/mol. The summed E-state index contributed by atoms with van der Waals surface area (Å²) in [6.07, 6.45) is 9.78. The topological polar surface area (TPSA) is 59.7 Å². The van der Waals surface area contributed by atoms with Crippen molar-refractivity contribution in [1.29, 1.82) is 0 Å². The van der Waals surface area contributed by atoms with Gasteiger partial charge in [-0.1, -0.05) is 0 Å². The molecule has 0 bridgehead atoms. The first-order valence-electron chi connectivity index (χ1n) is 8.15. The zero-order chi connectivity index (χ0) is 16.5. The van der Waals surface area contributed by atoms with Gasteiger partial charge in [0, 0.05) is 30.9 Å². The summed E-state index contributed by atoms with van der Waals surface area (Å²) in [4.78, 5) is 21.8. The number of hydrogen-bond acceptors (Lipinski definition) is 6. The number of aryl methyl sites for hydroxylation is 2. The van der Waals surface area contributed by atoms with E-state index >= 15 is 0 Å². The molecule has 7 heteroatoms. The summed E-state index contributed by atoms with van der Waals surface area (Å²) >= 11 is 1.74. The van der Waals surface area contributed by atoms with Gasteiger partial charge in [0.1, 0.15) is 5.69 Å². The largest absolute Gasteiger partial charge is 0.333 e. The second-order valence-corrected chi connectivity index (χ2v) is 7.12. The Kier molecular flexibility index (Phi) is 4.12. The van der Waals surface area contributed by atoms with Crippen LogP contribution in [0, 0.1) is 6.92 Å². The Balaban J connectivity index is 1.54. The number of likely N-dealkylation sites (tertiary alicyclic amines) is 1. The molecule has 0 amide bonds. The summed E-state index contributed by atoms with van der Waals surface area (Å²) in [6, 6.07) is 0.342. The molecule has 124 valence electrons. The first kappa shape index (κ1) is 15.4. The van der Waals surface area contributed by atoms with E-state index < -0.39 is 0 Å². The van der Waals surface area contributed by atoms with Crippen LogP contribution in [0.1, 0.15) is 35.1 Å². The van der Waals surface area contributed by atoms with Crippen molar-refractivity contribution < 1.29 is 0 Å². The minimum Gasteiger partial charge on any atom is -0.333 e. The Labute approximate surface area is 145 Å². The van der Waals surface area contributed by atoms with E-state index in [-0.39, 0.29) is 0 Å². The molecule has 0 N–H and O–H groups in total. The van der Waals surface area contributed by atoms with Crippen LogP contribution in [0.4, 0.5) is 0 Å². The smallest absolute Gasteiger partial charge is 0.159 e. The molecule has 3 aromatic heterocycles. The Bertz CT molecular complexity index is 822. The van der Waals surface area contributed by atoms with Gasteiger partial charge in [0.25, 0.3) is 0 Å². The molecule has 4 heterocycles. The van der Waals surface area contributed by atoms with Gasteiger partial charge in [-0.2, -0.15) is 0 Å². The average Bonchev–Trinajstić information content (AvgIpc) is 3.31. The normalized spacial score (nSPS) is 18.3. The molecule has 1 aliphatic heterocycles.